The summed E-state index contributed by atoms with van der Waals surface area (Å²) in [5, 5.41) is 13.0. The van der Waals surface area contributed by atoms with Crippen LogP contribution in [0.3, 0.4) is 0 Å². The lowest BCUT2D eigenvalue weighted by Crippen LogP contribution is -2.34. The Morgan fingerprint density at radius 3 is 2.59 bits per heavy atom. The van der Waals surface area contributed by atoms with Crippen LogP contribution in [0.4, 0.5) is 0 Å². The lowest BCUT2D eigenvalue weighted by Gasteiger charge is -2.15. The Morgan fingerprint density at radius 1 is 1.06 bits per heavy atom. The fourth-order valence-electron chi connectivity index (χ4n) is 4.05. The second-order valence-electron chi connectivity index (χ2n) is 9.29. The van der Waals surface area contributed by atoms with Gasteiger partial charge in [-0.05, 0) is 68.9 Å². The van der Waals surface area contributed by atoms with Crippen molar-refractivity contribution in [3.8, 4) is 5.69 Å². The van der Waals surface area contributed by atoms with E-state index in [2.05, 4.69) is 29.4 Å². The monoisotopic (exact) mass is 477 g/mol. The number of para-hydroxylation sites is 1. The summed E-state index contributed by atoms with van der Waals surface area (Å²) in [5.74, 6) is 1.23. The maximum absolute atomic E-state index is 13.5. The van der Waals surface area contributed by atoms with E-state index in [1.54, 1.807) is 4.57 Å². The van der Waals surface area contributed by atoms with Gasteiger partial charge in [0.25, 0.3) is 5.56 Å². The van der Waals surface area contributed by atoms with Crippen LogP contribution in [0.1, 0.15) is 44.7 Å². The van der Waals surface area contributed by atoms with Gasteiger partial charge in [0.2, 0.25) is 11.7 Å². The highest BCUT2D eigenvalue weighted by molar-refractivity contribution is 7.99. The summed E-state index contributed by atoms with van der Waals surface area (Å²) in [6.45, 7) is 10.4. The summed E-state index contributed by atoms with van der Waals surface area (Å²) < 4.78 is 3.49. The minimum absolute atomic E-state index is 0.0369. The molecule has 34 heavy (non-hydrogen) atoms. The van der Waals surface area contributed by atoms with Crippen LogP contribution in [0.25, 0.3) is 22.4 Å². The Bertz CT molecular complexity index is 1410. The molecule has 0 aliphatic rings. The molecule has 2 aromatic carbocycles. The average Bonchev–Trinajstić information content (AvgIpc) is 3.22. The highest BCUT2D eigenvalue weighted by atomic mass is 32.2. The van der Waals surface area contributed by atoms with Crippen LogP contribution in [0.15, 0.2) is 52.4 Å². The molecule has 0 bridgehead atoms. The van der Waals surface area contributed by atoms with Crippen molar-refractivity contribution >= 4 is 34.3 Å². The van der Waals surface area contributed by atoms with Crippen LogP contribution >= 0.6 is 11.8 Å². The van der Waals surface area contributed by atoms with E-state index < -0.39 is 0 Å². The van der Waals surface area contributed by atoms with E-state index in [1.165, 1.54) is 11.8 Å². The van der Waals surface area contributed by atoms with Crippen molar-refractivity contribution in [2.75, 3.05) is 5.75 Å². The van der Waals surface area contributed by atoms with Crippen molar-refractivity contribution in [2.24, 2.45) is 5.92 Å². The number of hydrogen-bond donors (Lipinski definition) is 1. The number of hydrogen-bond acceptors (Lipinski definition) is 5. The third-order valence-corrected chi connectivity index (χ3v) is 6.85. The van der Waals surface area contributed by atoms with Gasteiger partial charge < -0.3 is 5.32 Å². The molecule has 0 radical (unpaired) electrons. The van der Waals surface area contributed by atoms with Crippen LogP contribution in [-0.2, 0) is 4.79 Å². The van der Waals surface area contributed by atoms with E-state index in [0.717, 1.165) is 35.2 Å². The molecule has 0 spiro atoms. The van der Waals surface area contributed by atoms with E-state index in [1.807, 2.05) is 67.6 Å². The first kappa shape index (κ1) is 24.0. The number of aryl methyl sites for hydroxylation is 2. The molecule has 1 N–H and O–H groups in total. The molecule has 1 atom stereocenters. The van der Waals surface area contributed by atoms with Gasteiger partial charge in [-0.25, -0.2) is 4.57 Å². The predicted molar refractivity (Wildman–Crippen MR) is 138 cm³/mol. The van der Waals surface area contributed by atoms with Crippen molar-refractivity contribution < 1.29 is 4.79 Å². The summed E-state index contributed by atoms with van der Waals surface area (Å²) >= 11 is 1.32. The summed E-state index contributed by atoms with van der Waals surface area (Å²) in [6.07, 6.45) is 2.03. The number of rotatable bonds is 8. The van der Waals surface area contributed by atoms with E-state index in [4.69, 9.17) is 0 Å². The molecule has 1 amide bonds. The maximum Gasteiger partial charge on any atom is 0.267 e. The zero-order chi connectivity index (χ0) is 24.4. The standard InChI is InChI=1S/C26H31N5O2S/c1-16(2)10-13-19(5)27-23(32)15-34-26-29-28-25-30(22-14-17(3)11-12-18(22)4)24(33)20-8-6-7-9-21(20)31(25)26/h6-9,11-12,14,16,19H,10,13,15H2,1-5H3,(H,27,32). The molecule has 0 saturated heterocycles. The minimum atomic E-state index is -0.141. The Hall–Kier alpha value is -3.13. The number of nitrogens with one attached hydrogen (secondary N) is 1. The van der Waals surface area contributed by atoms with Gasteiger partial charge in [-0.3, -0.25) is 14.0 Å². The Labute approximate surface area is 203 Å². The third-order valence-electron chi connectivity index (χ3n) is 5.92. The molecule has 0 saturated carbocycles. The molecule has 1 unspecified atom stereocenters. The maximum atomic E-state index is 13.5. The minimum Gasteiger partial charge on any atom is -0.353 e. The molecule has 2 aromatic heterocycles. The van der Waals surface area contributed by atoms with Gasteiger partial charge >= 0.3 is 0 Å². The molecule has 2 heterocycles. The van der Waals surface area contributed by atoms with Crippen LogP contribution in [0, 0.1) is 19.8 Å². The van der Waals surface area contributed by atoms with Gasteiger partial charge in [-0.2, -0.15) is 0 Å². The number of aromatic nitrogens is 4. The van der Waals surface area contributed by atoms with Crippen LogP contribution < -0.4 is 10.9 Å². The van der Waals surface area contributed by atoms with Crippen molar-refractivity contribution in [1.82, 2.24) is 24.5 Å². The molecule has 7 nitrogen and oxygen atoms in total. The fraction of sp³-hybridized carbons (Fsp3) is 0.385. The normalized spacial score (nSPS) is 12.5. The van der Waals surface area contributed by atoms with Crippen LogP contribution in [0.2, 0.25) is 0 Å². The van der Waals surface area contributed by atoms with Gasteiger partial charge in [0, 0.05) is 6.04 Å². The summed E-state index contributed by atoms with van der Waals surface area (Å²) in [7, 11) is 0. The Kier molecular flexibility index (Phi) is 7.07. The quantitative estimate of drug-likeness (QED) is 0.373. The van der Waals surface area contributed by atoms with Crippen molar-refractivity contribution in [3.63, 3.8) is 0 Å². The Morgan fingerprint density at radius 2 is 1.82 bits per heavy atom. The number of carbonyl (C=O) groups excluding carboxylic acids is 1. The van der Waals surface area contributed by atoms with E-state index in [-0.39, 0.29) is 23.3 Å². The molecule has 8 heteroatoms. The third kappa shape index (κ3) is 4.87. The average molecular weight is 478 g/mol. The molecular formula is C26H31N5O2S. The van der Waals surface area contributed by atoms with Gasteiger partial charge in [-0.1, -0.05) is 49.9 Å². The number of thioether (sulfide) groups is 1. The zero-order valence-electron chi connectivity index (χ0n) is 20.3. The van der Waals surface area contributed by atoms with Gasteiger partial charge in [0.05, 0.1) is 22.3 Å². The number of nitrogens with zero attached hydrogens (tertiary/aromatic N) is 4. The van der Waals surface area contributed by atoms with E-state index in [0.29, 0.717) is 22.2 Å². The summed E-state index contributed by atoms with van der Waals surface area (Å²) in [4.78, 5) is 26.1. The summed E-state index contributed by atoms with van der Waals surface area (Å²) in [5.41, 5.74) is 3.38. The lowest BCUT2D eigenvalue weighted by atomic mass is 10.0. The van der Waals surface area contributed by atoms with E-state index >= 15 is 0 Å². The SMILES string of the molecule is Cc1ccc(C)c(-n2c(=O)c3ccccc3n3c(SCC(=O)NC(C)CCC(C)C)nnc23)c1. The Balaban J connectivity index is 1.72. The topological polar surface area (TPSA) is 81.3 Å². The first-order chi connectivity index (χ1) is 16.3. The largest absolute Gasteiger partial charge is 0.353 e. The lowest BCUT2D eigenvalue weighted by molar-refractivity contribution is -0.119. The smallest absolute Gasteiger partial charge is 0.267 e. The highest BCUT2D eigenvalue weighted by Gasteiger charge is 2.20. The highest BCUT2D eigenvalue weighted by Crippen LogP contribution is 2.24. The molecular weight excluding hydrogens is 446 g/mol. The zero-order valence-corrected chi connectivity index (χ0v) is 21.1. The second kappa shape index (κ2) is 10.0. The van der Waals surface area contributed by atoms with E-state index in [9.17, 15) is 9.59 Å². The second-order valence-corrected chi connectivity index (χ2v) is 10.2. The first-order valence-electron chi connectivity index (χ1n) is 11.6. The number of carbonyl (C=O) groups is 1. The molecule has 4 aromatic rings. The number of fused-ring (bicyclic) bond motifs is 3. The van der Waals surface area contributed by atoms with Gasteiger partial charge in [0.1, 0.15) is 0 Å². The van der Waals surface area contributed by atoms with Crippen molar-refractivity contribution in [1.29, 1.82) is 0 Å². The molecule has 4 rings (SSSR count). The van der Waals surface area contributed by atoms with Crippen LogP contribution in [0.5, 0.6) is 0 Å². The van der Waals surface area contributed by atoms with Gasteiger partial charge in [0.15, 0.2) is 5.16 Å². The molecule has 0 fully saturated rings. The molecule has 0 aliphatic heterocycles. The molecule has 178 valence electrons. The van der Waals surface area contributed by atoms with Crippen molar-refractivity contribution in [3.05, 3.63) is 63.9 Å². The van der Waals surface area contributed by atoms with Crippen molar-refractivity contribution in [2.45, 2.75) is 58.7 Å². The predicted octanol–water partition coefficient (Wildman–Crippen LogP) is 4.68. The van der Waals surface area contributed by atoms with Crippen LogP contribution in [-0.4, -0.2) is 36.9 Å². The first-order valence-corrected chi connectivity index (χ1v) is 12.6. The molecule has 0 aliphatic carbocycles. The van der Waals surface area contributed by atoms with Gasteiger partial charge in [-0.15, -0.1) is 10.2 Å². The summed E-state index contributed by atoms with van der Waals surface area (Å²) in [6, 6.07) is 13.6. The number of amides is 1. The fourth-order valence-corrected chi connectivity index (χ4v) is 4.80. The number of benzene rings is 2.